The van der Waals surface area contributed by atoms with Gasteiger partial charge in [0.2, 0.25) is 5.91 Å². The Bertz CT molecular complexity index is 643. The second kappa shape index (κ2) is 7.57. The molecule has 0 N–H and O–H groups in total. The van der Waals surface area contributed by atoms with Gasteiger partial charge >= 0.3 is 0 Å². The first-order valence-electron chi connectivity index (χ1n) is 8.60. The number of amides is 1. The number of aromatic nitrogens is 3. The minimum atomic E-state index is 0.113. The summed E-state index contributed by atoms with van der Waals surface area (Å²) < 4.78 is 1.59. The Morgan fingerprint density at radius 1 is 1.38 bits per heavy atom. The second-order valence-corrected chi connectivity index (χ2v) is 6.30. The summed E-state index contributed by atoms with van der Waals surface area (Å²) in [6.07, 6.45) is 4.07. The first kappa shape index (κ1) is 16.6. The zero-order chi connectivity index (χ0) is 16.9. The van der Waals surface area contributed by atoms with Crippen molar-refractivity contribution < 1.29 is 4.79 Å². The summed E-state index contributed by atoms with van der Waals surface area (Å²) in [5, 5.41) is 4.03. The fraction of sp³-hybridized carbons (Fsp3) is 0.500. The lowest BCUT2D eigenvalue weighted by molar-refractivity contribution is -0.134. The third kappa shape index (κ3) is 3.64. The molecule has 0 radical (unpaired) electrons. The summed E-state index contributed by atoms with van der Waals surface area (Å²) in [7, 11) is 0. The molecule has 128 valence electrons. The van der Waals surface area contributed by atoms with Crippen molar-refractivity contribution in [2.75, 3.05) is 19.6 Å². The molecule has 1 aliphatic rings. The topological polar surface area (TPSA) is 54.3 Å². The fourth-order valence-corrected chi connectivity index (χ4v) is 3.50. The number of carbonyl (C=O) groups is 1. The van der Waals surface area contributed by atoms with E-state index in [-0.39, 0.29) is 18.5 Å². The number of rotatable bonds is 6. The Kier molecular flexibility index (Phi) is 5.25. The Labute approximate surface area is 143 Å². The lowest BCUT2D eigenvalue weighted by Gasteiger charge is -2.29. The molecular formula is C18H25N5O. The van der Waals surface area contributed by atoms with E-state index in [9.17, 15) is 4.79 Å². The van der Waals surface area contributed by atoms with E-state index < -0.39 is 0 Å². The van der Waals surface area contributed by atoms with Gasteiger partial charge in [-0.05, 0) is 25.8 Å². The van der Waals surface area contributed by atoms with Gasteiger partial charge in [-0.2, -0.15) is 5.10 Å². The molecule has 1 aromatic heterocycles. The Hall–Kier alpha value is -2.21. The Balaban J connectivity index is 1.61. The minimum Gasteiger partial charge on any atom is -0.337 e. The molecule has 2 unspecified atom stereocenters. The number of likely N-dealkylation sites (N-methyl/N-ethyl adjacent to an activating group) is 1. The van der Waals surface area contributed by atoms with Crippen LogP contribution in [0.5, 0.6) is 0 Å². The van der Waals surface area contributed by atoms with Gasteiger partial charge in [-0.25, -0.2) is 9.67 Å². The molecular weight excluding hydrogens is 302 g/mol. The van der Waals surface area contributed by atoms with Crippen molar-refractivity contribution in [3.8, 4) is 0 Å². The molecule has 0 bridgehead atoms. The number of hydrogen-bond acceptors (Lipinski definition) is 4. The third-order valence-electron chi connectivity index (χ3n) is 4.89. The van der Waals surface area contributed by atoms with Crippen molar-refractivity contribution >= 4 is 5.91 Å². The molecule has 6 heteroatoms. The molecule has 1 saturated heterocycles. The van der Waals surface area contributed by atoms with Gasteiger partial charge in [0.15, 0.2) is 0 Å². The van der Waals surface area contributed by atoms with E-state index in [0.29, 0.717) is 6.04 Å². The van der Waals surface area contributed by atoms with Crippen LogP contribution in [0, 0.1) is 0 Å². The molecule has 2 atom stereocenters. The first-order valence-corrected chi connectivity index (χ1v) is 8.60. The molecule has 1 aromatic carbocycles. The van der Waals surface area contributed by atoms with Crippen molar-refractivity contribution in [3.63, 3.8) is 0 Å². The highest BCUT2D eigenvalue weighted by Crippen LogP contribution is 2.26. The highest BCUT2D eigenvalue weighted by atomic mass is 16.2. The van der Waals surface area contributed by atoms with Crippen LogP contribution in [0.1, 0.15) is 31.9 Å². The van der Waals surface area contributed by atoms with E-state index in [2.05, 4.69) is 46.2 Å². The van der Waals surface area contributed by atoms with E-state index in [1.165, 1.54) is 11.9 Å². The van der Waals surface area contributed by atoms with Crippen LogP contribution < -0.4 is 0 Å². The molecule has 1 fully saturated rings. The summed E-state index contributed by atoms with van der Waals surface area (Å²) in [6.45, 7) is 7.22. The van der Waals surface area contributed by atoms with E-state index >= 15 is 0 Å². The summed E-state index contributed by atoms with van der Waals surface area (Å²) in [5.41, 5.74) is 1.33. The van der Waals surface area contributed by atoms with Crippen LogP contribution in [0.15, 0.2) is 43.0 Å². The summed E-state index contributed by atoms with van der Waals surface area (Å²) in [6, 6.07) is 11.2. The van der Waals surface area contributed by atoms with Gasteiger partial charge in [0.05, 0.1) is 0 Å². The number of carbonyl (C=O) groups excluding carboxylic acids is 1. The molecule has 0 spiro atoms. The highest BCUT2D eigenvalue weighted by Gasteiger charge is 2.32. The van der Waals surface area contributed by atoms with E-state index in [1.807, 2.05) is 17.9 Å². The van der Waals surface area contributed by atoms with Crippen LogP contribution in [-0.2, 0) is 11.3 Å². The van der Waals surface area contributed by atoms with Crippen molar-refractivity contribution in [2.45, 2.75) is 38.9 Å². The average molecular weight is 327 g/mol. The van der Waals surface area contributed by atoms with Crippen LogP contribution in [0.3, 0.4) is 0 Å². The lowest BCUT2D eigenvalue weighted by atomic mass is 10.1. The lowest BCUT2D eigenvalue weighted by Crippen LogP contribution is -2.43. The van der Waals surface area contributed by atoms with Gasteiger partial charge in [0, 0.05) is 31.7 Å². The zero-order valence-corrected chi connectivity index (χ0v) is 14.4. The van der Waals surface area contributed by atoms with Crippen LogP contribution >= 0.6 is 0 Å². The molecule has 24 heavy (non-hydrogen) atoms. The summed E-state index contributed by atoms with van der Waals surface area (Å²) in [4.78, 5) is 20.9. The van der Waals surface area contributed by atoms with Crippen molar-refractivity contribution in [1.29, 1.82) is 0 Å². The first-order chi connectivity index (χ1) is 11.7. The highest BCUT2D eigenvalue weighted by molar-refractivity contribution is 5.76. The maximum absolute atomic E-state index is 12.6. The predicted molar refractivity (Wildman–Crippen MR) is 92.2 cm³/mol. The van der Waals surface area contributed by atoms with Crippen molar-refractivity contribution in [3.05, 3.63) is 48.5 Å². The van der Waals surface area contributed by atoms with Gasteiger partial charge in [0.25, 0.3) is 0 Å². The summed E-state index contributed by atoms with van der Waals surface area (Å²) in [5.74, 6) is 0.113. The number of nitrogens with zero attached hydrogens (tertiary/aromatic N) is 5. The van der Waals surface area contributed by atoms with Crippen LogP contribution in [0.4, 0.5) is 0 Å². The standard InChI is InChI=1S/C18H25N5O/c1-3-23(18(24)12-22-14-19-13-20-22)17-9-10-21(11-17)15(2)16-7-5-4-6-8-16/h4-8,13-15,17H,3,9-12H2,1-2H3. The molecule has 0 aliphatic carbocycles. The fourth-order valence-electron chi connectivity index (χ4n) is 3.50. The maximum Gasteiger partial charge on any atom is 0.244 e. The largest absolute Gasteiger partial charge is 0.337 e. The zero-order valence-electron chi connectivity index (χ0n) is 14.4. The smallest absolute Gasteiger partial charge is 0.244 e. The number of hydrogen-bond donors (Lipinski definition) is 0. The molecule has 2 heterocycles. The average Bonchev–Trinajstić information content (AvgIpc) is 3.28. The van der Waals surface area contributed by atoms with Crippen LogP contribution in [0.2, 0.25) is 0 Å². The quantitative estimate of drug-likeness (QED) is 0.814. The Morgan fingerprint density at radius 3 is 2.83 bits per heavy atom. The number of benzene rings is 1. The third-order valence-corrected chi connectivity index (χ3v) is 4.89. The predicted octanol–water partition coefficient (Wildman–Crippen LogP) is 1.96. The second-order valence-electron chi connectivity index (χ2n) is 6.30. The molecule has 0 saturated carbocycles. The Morgan fingerprint density at radius 2 is 2.17 bits per heavy atom. The molecule has 1 amide bonds. The van der Waals surface area contributed by atoms with Gasteiger partial charge < -0.3 is 4.90 Å². The molecule has 1 aliphatic heterocycles. The number of likely N-dealkylation sites (tertiary alicyclic amines) is 1. The van der Waals surface area contributed by atoms with Crippen molar-refractivity contribution in [1.82, 2.24) is 24.6 Å². The normalized spacial score (nSPS) is 19.3. The van der Waals surface area contributed by atoms with Gasteiger partial charge in [0.1, 0.15) is 19.2 Å². The van der Waals surface area contributed by atoms with E-state index in [1.54, 1.807) is 11.0 Å². The van der Waals surface area contributed by atoms with Crippen molar-refractivity contribution in [2.24, 2.45) is 0 Å². The minimum absolute atomic E-state index is 0.113. The van der Waals surface area contributed by atoms with Crippen LogP contribution in [-0.4, -0.2) is 56.1 Å². The summed E-state index contributed by atoms with van der Waals surface area (Å²) >= 11 is 0. The van der Waals surface area contributed by atoms with Gasteiger partial charge in [-0.3, -0.25) is 9.69 Å². The molecule has 6 nitrogen and oxygen atoms in total. The maximum atomic E-state index is 12.6. The van der Waals surface area contributed by atoms with E-state index in [4.69, 9.17) is 0 Å². The van der Waals surface area contributed by atoms with Crippen LogP contribution in [0.25, 0.3) is 0 Å². The van der Waals surface area contributed by atoms with Gasteiger partial charge in [-0.15, -0.1) is 0 Å². The van der Waals surface area contributed by atoms with E-state index in [0.717, 1.165) is 26.1 Å². The van der Waals surface area contributed by atoms with Gasteiger partial charge in [-0.1, -0.05) is 30.3 Å². The SMILES string of the molecule is CCN(C(=O)Cn1cncn1)C1CCN(C(C)c2ccccc2)C1. The monoisotopic (exact) mass is 327 g/mol. The molecule has 2 aromatic rings. The molecule has 3 rings (SSSR count).